The summed E-state index contributed by atoms with van der Waals surface area (Å²) in [4.78, 5) is 14.3. The minimum atomic E-state index is -2.55. The molecule has 1 aliphatic heterocycles. The molecule has 0 fully saturated rings. The van der Waals surface area contributed by atoms with Crippen molar-refractivity contribution in [3.05, 3.63) is 68.4 Å². The Morgan fingerprint density at radius 2 is 2.03 bits per heavy atom. The number of nitrogens with zero attached hydrogens (tertiary/aromatic N) is 6. The van der Waals surface area contributed by atoms with Gasteiger partial charge < -0.3 is 4.90 Å². The Morgan fingerprint density at radius 1 is 1.31 bits per heavy atom. The third kappa shape index (κ3) is 4.79. The molecule has 4 rings (SSSR count). The number of aromatic nitrogens is 5. The summed E-state index contributed by atoms with van der Waals surface area (Å²) in [6.45, 7) is 2.76. The maximum atomic E-state index is 13.3. The van der Waals surface area contributed by atoms with Gasteiger partial charge in [-0.2, -0.15) is 5.10 Å². The number of halogens is 5. The normalized spacial score (nSPS) is 15.8. The van der Waals surface area contributed by atoms with Crippen LogP contribution >= 0.6 is 40.0 Å². The minimum Gasteiger partial charge on any atom is -0.360 e. The molecule has 172 valence electrons. The Kier molecular flexibility index (Phi) is 8.51. The largest absolute Gasteiger partial charge is 0.360 e. The van der Waals surface area contributed by atoms with Gasteiger partial charge in [0.2, 0.25) is 0 Å². The third-order valence-electron chi connectivity index (χ3n) is 5.22. The zero-order valence-corrected chi connectivity index (χ0v) is 21.1. The molecule has 7 nitrogen and oxygen atoms in total. The summed E-state index contributed by atoms with van der Waals surface area (Å²) < 4.78 is 39.1. The number of fused-ring (bicyclic) bond motifs is 1. The lowest BCUT2D eigenvalue weighted by Gasteiger charge is -2.34. The topological polar surface area (TPSA) is 68.8 Å². The van der Waals surface area contributed by atoms with E-state index in [1.54, 1.807) is 29.1 Å². The van der Waals surface area contributed by atoms with Crippen LogP contribution in [0.2, 0.25) is 5.02 Å². The van der Waals surface area contributed by atoms with Crippen LogP contribution in [0.3, 0.4) is 0 Å². The summed E-state index contributed by atoms with van der Waals surface area (Å²) in [6.07, 6.45) is -0.192. The Labute approximate surface area is 202 Å². The fourth-order valence-electron chi connectivity index (χ4n) is 3.69. The van der Waals surface area contributed by atoms with Gasteiger partial charge in [0.05, 0.1) is 43.7 Å². The van der Waals surface area contributed by atoms with Crippen molar-refractivity contribution in [1.82, 2.24) is 24.5 Å². The number of benzene rings is 1. The van der Waals surface area contributed by atoms with Crippen LogP contribution in [0.15, 0.2) is 35.3 Å². The molecule has 0 saturated heterocycles. The van der Waals surface area contributed by atoms with Crippen LogP contribution in [0, 0.1) is 0 Å². The smallest absolute Gasteiger partial charge is 0.291 e. The van der Waals surface area contributed by atoms with E-state index in [0.717, 1.165) is 11.4 Å². The summed E-state index contributed by atoms with van der Waals surface area (Å²) in [5.41, 5.74) is 2.39. The predicted octanol–water partition coefficient (Wildman–Crippen LogP) is 4.98. The molecule has 0 radical (unpaired) electrons. The van der Waals surface area contributed by atoms with Crippen LogP contribution in [0.1, 0.15) is 41.9 Å². The van der Waals surface area contributed by atoms with Crippen molar-refractivity contribution < 1.29 is 13.2 Å². The summed E-state index contributed by atoms with van der Waals surface area (Å²) in [7, 11) is 0.500. The maximum absolute atomic E-state index is 13.3. The van der Waals surface area contributed by atoms with Crippen LogP contribution in [-0.2, 0) is 13.0 Å². The lowest BCUT2D eigenvalue weighted by Crippen LogP contribution is -2.36. The van der Waals surface area contributed by atoms with E-state index >= 15 is 0 Å². The average molecular weight is 599 g/mol. The predicted molar refractivity (Wildman–Crippen MR) is 128 cm³/mol. The van der Waals surface area contributed by atoms with Gasteiger partial charge in [-0.25, -0.2) is 17.9 Å². The number of hydrogen-bond acceptors (Lipinski definition) is 5. The van der Waals surface area contributed by atoms with Crippen LogP contribution in [0.25, 0.3) is 0 Å². The summed E-state index contributed by atoms with van der Waals surface area (Å²) in [5.74, 6) is 0. The maximum Gasteiger partial charge on any atom is 0.291 e. The van der Waals surface area contributed by atoms with Crippen molar-refractivity contribution in [3.63, 3.8) is 0 Å². The third-order valence-corrected chi connectivity index (χ3v) is 7.43. The monoisotopic (exact) mass is 598 g/mol. The first-order valence-corrected chi connectivity index (χ1v) is 13.9. The highest BCUT2D eigenvalue weighted by atomic mass is 127. The van der Waals surface area contributed by atoms with Gasteiger partial charge in [-0.1, -0.05) is 41.1 Å². The summed E-state index contributed by atoms with van der Waals surface area (Å²) >= 11 is 8.41. The summed E-state index contributed by atoms with van der Waals surface area (Å²) in [5, 5.41) is 12.8. The molecule has 32 heavy (non-hydrogen) atoms. The second-order valence-electron chi connectivity index (χ2n) is 6.84. The van der Waals surface area contributed by atoms with E-state index < -0.39 is 6.43 Å². The molecule has 13 heteroatoms. The van der Waals surface area contributed by atoms with Crippen LogP contribution in [0.4, 0.5) is 18.9 Å². The molecule has 0 bridgehead atoms. The van der Waals surface area contributed by atoms with E-state index in [2.05, 4.69) is 37.5 Å². The van der Waals surface area contributed by atoms with Crippen molar-refractivity contribution in [3.8, 4) is 0 Å². The van der Waals surface area contributed by atoms with E-state index in [9.17, 15) is 18.0 Å². The standard InChI is InChI=1S/C18H17ClF2IN6OP.CH3F/c1-10-16-13(6-7-26(10)14-8-23-28(30-22)18(29)15(14)19)27(25-24-16)9-11-4-2-3-5-12(11)17(20)21;1-2/h2-5,8,10,17,30H,6-7,9H2,1H3;1H3. The van der Waals surface area contributed by atoms with E-state index in [0.29, 0.717) is 31.4 Å². The first-order chi connectivity index (χ1) is 15.4. The molecule has 1 aliphatic rings. The van der Waals surface area contributed by atoms with Crippen LogP contribution < -0.4 is 10.5 Å². The molecule has 3 aromatic rings. The lowest BCUT2D eigenvalue weighted by atomic mass is 10.0. The second kappa shape index (κ2) is 10.9. The molecule has 0 N–H and O–H groups in total. The fraction of sp³-hybridized carbons (Fsp3) is 0.368. The molecule has 0 amide bonds. The van der Waals surface area contributed by atoms with Gasteiger partial charge in [0.15, 0.2) is 0 Å². The van der Waals surface area contributed by atoms with Gasteiger partial charge in [-0.3, -0.25) is 9.18 Å². The average Bonchev–Trinajstić information content (AvgIpc) is 3.21. The molecule has 2 atom stereocenters. The number of alkyl halides is 3. The molecule has 0 spiro atoms. The Balaban J connectivity index is 0.00000141. The zero-order chi connectivity index (χ0) is 23.4. The molecule has 0 saturated carbocycles. The van der Waals surface area contributed by atoms with Gasteiger partial charge in [-0.15, -0.1) is 5.10 Å². The Bertz CT molecular complexity index is 1140. The van der Waals surface area contributed by atoms with Crippen molar-refractivity contribution in [2.75, 3.05) is 18.6 Å². The summed E-state index contributed by atoms with van der Waals surface area (Å²) in [6, 6.07) is 6.27. The Morgan fingerprint density at radius 3 is 2.72 bits per heavy atom. The highest BCUT2D eigenvalue weighted by Gasteiger charge is 2.31. The van der Waals surface area contributed by atoms with Gasteiger partial charge in [-0.05, 0) is 34.5 Å². The van der Waals surface area contributed by atoms with E-state index in [4.69, 9.17) is 11.6 Å². The zero-order valence-electron chi connectivity index (χ0n) is 17.1. The van der Waals surface area contributed by atoms with E-state index in [1.807, 2.05) is 11.8 Å². The Hall–Kier alpha value is -1.72. The molecular weight excluding hydrogens is 579 g/mol. The minimum absolute atomic E-state index is 0.00151. The molecule has 2 aromatic heterocycles. The first kappa shape index (κ1) is 24.9. The van der Waals surface area contributed by atoms with Gasteiger partial charge in [0.25, 0.3) is 12.0 Å². The highest BCUT2D eigenvalue weighted by Crippen LogP contribution is 2.35. The van der Waals surface area contributed by atoms with Gasteiger partial charge in [0, 0.05) is 18.5 Å². The van der Waals surface area contributed by atoms with E-state index in [1.165, 1.54) is 10.5 Å². The molecule has 0 aliphatic carbocycles. The molecule has 2 unspecified atom stereocenters. The van der Waals surface area contributed by atoms with Crippen molar-refractivity contribution in [2.45, 2.75) is 32.4 Å². The van der Waals surface area contributed by atoms with Gasteiger partial charge >= 0.3 is 0 Å². The fourth-order valence-corrected chi connectivity index (χ4v) is 5.32. The lowest BCUT2D eigenvalue weighted by molar-refractivity contribution is 0.150. The number of anilines is 1. The number of hydrogen-bond donors (Lipinski definition) is 0. The SMILES string of the molecule is CC1c2nnn(Cc3ccccc3C(F)F)c2CCN1c1cnn(PI)c(=O)c1Cl.CF. The molecule has 3 heterocycles. The second-order valence-corrected chi connectivity index (χ2v) is 9.26. The van der Waals surface area contributed by atoms with Crippen LogP contribution in [0.5, 0.6) is 0 Å². The quantitative estimate of drug-likeness (QED) is 0.306. The van der Waals surface area contributed by atoms with Gasteiger partial charge in [0.1, 0.15) is 10.7 Å². The van der Waals surface area contributed by atoms with E-state index in [-0.39, 0.29) is 35.1 Å². The number of rotatable bonds is 5. The van der Waals surface area contributed by atoms with Crippen molar-refractivity contribution in [2.24, 2.45) is 0 Å². The van der Waals surface area contributed by atoms with Crippen molar-refractivity contribution >= 4 is 45.7 Å². The first-order valence-electron chi connectivity index (χ1n) is 9.49. The van der Waals surface area contributed by atoms with Crippen molar-refractivity contribution in [1.29, 1.82) is 0 Å². The molecule has 1 aromatic carbocycles. The van der Waals surface area contributed by atoms with Crippen LogP contribution in [-0.4, -0.2) is 38.3 Å². The highest BCUT2D eigenvalue weighted by molar-refractivity contribution is 14.2. The molecular formula is C19H20ClF3IN6OP.